The third-order valence-corrected chi connectivity index (χ3v) is 8.51. The van der Waals surface area contributed by atoms with E-state index in [9.17, 15) is 0 Å². The predicted octanol–water partition coefficient (Wildman–Crippen LogP) is 12.1. The van der Waals surface area contributed by atoms with Crippen molar-refractivity contribution in [3.05, 3.63) is 192 Å². The fourth-order valence-corrected chi connectivity index (χ4v) is 6.39. The van der Waals surface area contributed by atoms with E-state index in [1.165, 1.54) is 77.2 Å². The van der Waals surface area contributed by atoms with Gasteiger partial charge < -0.3 is 0 Å². The van der Waals surface area contributed by atoms with Gasteiger partial charge in [-0.1, -0.05) is 133 Å². The first kappa shape index (κ1) is 31.4. The molecule has 0 aliphatic heterocycles. The van der Waals surface area contributed by atoms with Gasteiger partial charge in [0.05, 0.1) is 0 Å². The van der Waals surface area contributed by atoms with Crippen LogP contribution in [0, 0.1) is 19.9 Å². The molecule has 0 heterocycles. The second-order valence-electron chi connectivity index (χ2n) is 11.8. The van der Waals surface area contributed by atoms with E-state index in [0.717, 1.165) is 6.42 Å². The Bertz CT molecular complexity index is 2060. The fraction of sp³-hybridized carbons (Fsp3) is 0.0667. The molecule has 0 N–H and O–H groups in total. The van der Waals surface area contributed by atoms with E-state index < -0.39 is 0 Å². The molecule has 219 valence electrons. The summed E-state index contributed by atoms with van der Waals surface area (Å²) in [7, 11) is 0. The molecule has 0 spiro atoms. The van der Waals surface area contributed by atoms with E-state index >= 15 is 0 Å². The van der Waals surface area contributed by atoms with Crippen LogP contribution in [0.1, 0.15) is 22.3 Å². The molecule has 1 heteroatoms. The van der Waals surface area contributed by atoms with E-state index in [4.69, 9.17) is 0 Å². The molecule has 0 bridgehead atoms. The third kappa shape index (κ3) is 6.81. The van der Waals surface area contributed by atoms with Gasteiger partial charge in [-0.3, -0.25) is 0 Å². The molecule has 0 amide bonds. The van der Waals surface area contributed by atoms with E-state index in [-0.39, 0.29) is 26.2 Å². The van der Waals surface area contributed by atoms with Gasteiger partial charge in [-0.05, 0) is 12.0 Å². The minimum Gasteiger partial charge on any atom is -0.165 e. The van der Waals surface area contributed by atoms with E-state index in [1.807, 2.05) is 0 Å². The van der Waals surface area contributed by atoms with Crippen molar-refractivity contribution in [2.75, 3.05) is 0 Å². The largest absolute Gasteiger partial charge is 3.00 e. The van der Waals surface area contributed by atoms with E-state index in [2.05, 4.69) is 184 Å². The molecular formula is C45H35Zr. The quantitative estimate of drug-likeness (QED) is 0.161. The Morgan fingerprint density at radius 2 is 0.978 bits per heavy atom. The number of fused-ring (bicyclic) bond motifs is 5. The Labute approximate surface area is 291 Å². The molecule has 1 aliphatic carbocycles. The summed E-state index contributed by atoms with van der Waals surface area (Å²) in [4.78, 5) is 0. The smallest absolute Gasteiger partial charge is 0.165 e. The first-order chi connectivity index (χ1) is 22.1. The number of hydrogen-bond donors (Lipinski definition) is 0. The molecule has 0 saturated heterocycles. The van der Waals surface area contributed by atoms with E-state index in [1.54, 1.807) is 0 Å². The number of aryl methyl sites for hydroxylation is 2. The number of rotatable bonds is 2. The van der Waals surface area contributed by atoms with Gasteiger partial charge in [0, 0.05) is 0 Å². The SMILES string of the molecule is Cc1cc2ccccc2[cH-]1.Cc1cc2ccccc2[cH-]1.[Zr+3].[c-]1c2c(cc(-c3ccccc3)c1-c1ccccc1)-c1ccccc1C2. The van der Waals surface area contributed by atoms with Gasteiger partial charge in [-0.2, -0.15) is 12.1 Å². The predicted molar refractivity (Wildman–Crippen MR) is 193 cm³/mol. The van der Waals surface area contributed by atoms with Crippen molar-refractivity contribution < 1.29 is 26.2 Å². The molecule has 1 radical (unpaired) electrons. The van der Waals surface area contributed by atoms with Crippen LogP contribution >= 0.6 is 0 Å². The fourth-order valence-electron chi connectivity index (χ4n) is 6.39. The normalized spacial score (nSPS) is 11.0. The van der Waals surface area contributed by atoms with Crippen molar-refractivity contribution in [3.8, 4) is 33.4 Å². The van der Waals surface area contributed by atoms with Crippen molar-refractivity contribution in [2.24, 2.45) is 0 Å². The van der Waals surface area contributed by atoms with Gasteiger partial charge >= 0.3 is 26.2 Å². The van der Waals surface area contributed by atoms with Crippen LogP contribution in [-0.2, 0) is 32.6 Å². The summed E-state index contributed by atoms with van der Waals surface area (Å²) in [6.45, 7) is 4.25. The van der Waals surface area contributed by atoms with Crippen molar-refractivity contribution in [1.29, 1.82) is 0 Å². The maximum Gasteiger partial charge on any atom is 3.00 e. The van der Waals surface area contributed by atoms with Gasteiger partial charge in [0.15, 0.2) is 0 Å². The van der Waals surface area contributed by atoms with Crippen LogP contribution in [-0.4, -0.2) is 0 Å². The minimum atomic E-state index is 0. The first-order valence-electron chi connectivity index (χ1n) is 15.6. The zero-order chi connectivity index (χ0) is 30.6. The van der Waals surface area contributed by atoms with Crippen LogP contribution < -0.4 is 0 Å². The Morgan fingerprint density at radius 3 is 1.57 bits per heavy atom. The Morgan fingerprint density at radius 1 is 0.478 bits per heavy atom. The van der Waals surface area contributed by atoms with Gasteiger partial charge in [0.2, 0.25) is 0 Å². The molecule has 8 aromatic rings. The molecule has 0 fully saturated rings. The summed E-state index contributed by atoms with van der Waals surface area (Å²) in [5, 5.41) is 5.39. The summed E-state index contributed by atoms with van der Waals surface area (Å²) in [6, 6.07) is 61.7. The molecule has 46 heavy (non-hydrogen) atoms. The molecule has 0 unspecified atom stereocenters. The summed E-state index contributed by atoms with van der Waals surface area (Å²) < 4.78 is 0. The summed E-state index contributed by atoms with van der Waals surface area (Å²) in [5.41, 5.74) is 13.0. The number of benzene rings is 6. The van der Waals surface area contributed by atoms with Crippen molar-refractivity contribution in [2.45, 2.75) is 20.3 Å². The van der Waals surface area contributed by atoms with Crippen LogP contribution in [0.3, 0.4) is 0 Å². The standard InChI is InChI=1S/C25H17.2C10H9.Zr/c1-3-9-18(10-4-1)23-16-21-15-20-13-7-8-14-22(20)25(21)17-24(23)19-11-5-2-6-12-19;2*1-8-6-9-4-2-3-5-10(9)7-8;/h1-14,17H,15H2;2*2-7H,1H3;/q3*-1;+3. The van der Waals surface area contributed by atoms with Gasteiger partial charge in [-0.25, -0.2) is 0 Å². The zero-order valence-corrected chi connectivity index (χ0v) is 28.8. The molecule has 0 aromatic heterocycles. The molecule has 1 aliphatic rings. The molecule has 0 saturated carbocycles. The third-order valence-electron chi connectivity index (χ3n) is 8.51. The topological polar surface area (TPSA) is 0 Å². The van der Waals surface area contributed by atoms with Crippen LogP contribution in [0.5, 0.6) is 0 Å². The van der Waals surface area contributed by atoms with Gasteiger partial charge in [-0.15, -0.1) is 110 Å². The summed E-state index contributed by atoms with van der Waals surface area (Å²) >= 11 is 0. The second-order valence-corrected chi connectivity index (χ2v) is 11.8. The van der Waals surface area contributed by atoms with Crippen molar-refractivity contribution in [1.82, 2.24) is 0 Å². The van der Waals surface area contributed by atoms with Crippen molar-refractivity contribution >= 4 is 21.5 Å². The van der Waals surface area contributed by atoms with Crippen LogP contribution in [0.2, 0.25) is 0 Å². The Balaban J connectivity index is 0.000000145. The average Bonchev–Trinajstić information content (AvgIpc) is 3.78. The van der Waals surface area contributed by atoms with Crippen LogP contribution in [0.15, 0.2) is 164 Å². The maximum atomic E-state index is 3.76. The summed E-state index contributed by atoms with van der Waals surface area (Å²) in [5.74, 6) is 0. The molecular weight excluding hydrogens is 632 g/mol. The van der Waals surface area contributed by atoms with Gasteiger partial charge in [0.1, 0.15) is 0 Å². The number of hydrogen-bond acceptors (Lipinski definition) is 0. The molecule has 0 nitrogen and oxygen atoms in total. The minimum absolute atomic E-state index is 0. The zero-order valence-electron chi connectivity index (χ0n) is 26.3. The maximum absolute atomic E-state index is 3.76. The Kier molecular flexibility index (Phi) is 9.72. The van der Waals surface area contributed by atoms with Crippen LogP contribution in [0.25, 0.3) is 54.9 Å². The van der Waals surface area contributed by atoms with Gasteiger partial charge in [0.25, 0.3) is 0 Å². The second kappa shape index (κ2) is 14.2. The molecule has 9 rings (SSSR count). The summed E-state index contributed by atoms with van der Waals surface area (Å²) in [6.07, 6.45) is 0.973. The van der Waals surface area contributed by atoms with E-state index in [0.29, 0.717) is 0 Å². The van der Waals surface area contributed by atoms with Crippen LogP contribution in [0.4, 0.5) is 0 Å². The van der Waals surface area contributed by atoms with Crippen molar-refractivity contribution in [3.63, 3.8) is 0 Å². The Hall–Kier alpha value is -4.58. The average molecular weight is 667 g/mol. The first-order valence-corrected chi connectivity index (χ1v) is 15.6. The molecule has 8 aromatic carbocycles. The molecule has 0 atom stereocenters. The monoisotopic (exact) mass is 665 g/mol.